The van der Waals surface area contributed by atoms with Gasteiger partial charge in [-0.1, -0.05) is 22.0 Å². The average molecular weight is 435 g/mol. The SMILES string of the molecule is N#Cc1cc(Br)cc(F)c1-c1c(S(N)(=O)=O)cccc1S(=O)(=O)O. The number of nitrogens with zero attached hydrogens (tertiary/aromatic N) is 1. The van der Waals surface area contributed by atoms with Crippen LogP contribution in [0.1, 0.15) is 5.56 Å². The van der Waals surface area contributed by atoms with Crippen molar-refractivity contribution in [1.82, 2.24) is 0 Å². The second-order valence-electron chi connectivity index (χ2n) is 4.57. The summed E-state index contributed by atoms with van der Waals surface area (Å²) < 4.78 is 70.7. The highest BCUT2D eigenvalue weighted by Crippen LogP contribution is 2.38. The van der Waals surface area contributed by atoms with Gasteiger partial charge in [0.25, 0.3) is 10.1 Å². The molecule has 0 spiro atoms. The van der Waals surface area contributed by atoms with Gasteiger partial charge in [-0.3, -0.25) is 4.55 Å². The molecule has 0 saturated carbocycles. The molecule has 0 saturated heterocycles. The Labute approximate surface area is 145 Å². The number of sulfonamides is 1. The third-order valence-corrected chi connectivity index (χ3v) is 5.31. The van der Waals surface area contributed by atoms with E-state index in [2.05, 4.69) is 15.9 Å². The van der Waals surface area contributed by atoms with Gasteiger partial charge in [-0.2, -0.15) is 13.7 Å². The number of hydrogen-bond acceptors (Lipinski definition) is 5. The van der Waals surface area contributed by atoms with Crippen molar-refractivity contribution in [2.45, 2.75) is 9.79 Å². The highest BCUT2D eigenvalue weighted by atomic mass is 79.9. The number of benzene rings is 2. The molecule has 0 bridgehead atoms. The molecular weight excluding hydrogens is 427 g/mol. The fourth-order valence-corrected chi connectivity index (χ4v) is 4.11. The van der Waals surface area contributed by atoms with Gasteiger partial charge in [0.05, 0.1) is 16.5 Å². The summed E-state index contributed by atoms with van der Waals surface area (Å²) in [5.41, 5.74) is -1.65. The summed E-state index contributed by atoms with van der Waals surface area (Å²) in [5, 5.41) is 14.2. The first-order valence-corrected chi connectivity index (χ1v) is 9.77. The van der Waals surface area contributed by atoms with Crippen LogP contribution in [0.3, 0.4) is 0 Å². The zero-order valence-electron chi connectivity index (χ0n) is 11.6. The smallest absolute Gasteiger partial charge is 0.282 e. The zero-order chi connectivity index (χ0) is 18.3. The van der Waals surface area contributed by atoms with Gasteiger partial charge in [-0.15, -0.1) is 0 Å². The van der Waals surface area contributed by atoms with Gasteiger partial charge in [0.2, 0.25) is 10.0 Å². The van der Waals surface area contributed by atoms with Crippen LogP contribution in [0.15, 0.2) is 44.6 Å². The second-order valence-corrected chi connectivity index (χ2v) is 8.41. The van der Waals surface area contributed by atoms with E-state index in [4.69, 9.17) is 5.14 Å². The number of nitriles is 1. The van der Waals surface area contributed by atoms with Crippen molar-refractivity contribution in [3.05, 3.63) is 46.2 Å². The Morgan fingerprint density at radius 3 is 2.21 bits per heavy atom. The van der Waals surface area contributed by atoms with Crippen molar-refractivity contribution in [1.29, 1.82) is 5.26 Å². The Kier molecular flexibility index (Phi) is 4.80. The van der Waals surface area contributed by atoms with Crippen molar-refractivity contribution in [3.8, 4) is 17.2 Å². The maximum Gasteiger partial charge on any atom is 0.295 e. The second kappa shape index (κ2) is 6.23. The van der Waals surface area contributed by atoms with Crippen LogP contribution in [0.25, 0.3) is 11.1 Å². The van der Waals surface area contributed by atoms with Crippen LogP contribution in [0, 0.1) is 17.1 Å². The molecule has 0 unspecified atom stereocenters. The van der Waals surface area contributed by atoms with Gasteiger partial charge < -0.3 is 0 Å². The Hall–Kier alpha value is -1.84. The molecule has 24 heavy (non-hydrogen) atoms. The molecule has 11 heteroatoms. The maximum atomic E-state index is 14.4. The van der Waals surface area contributed by atoms with E-state index >= 15 is 0 Å². The van der Waals surface area contributed by atoms with Gasteiger partial charge in [0.15, 0.2) is 0 Å². The van der Waals surface area contributed by atoms with E-state index in [0.717, 1.165) is 24.3 Å². The first kappa shape index (κ1) is 18.5. The van der Waals surface area contributed by atoms with E-state index in [0.29, 0.717) is 0 Å². The lowest BCUT2D eigenvalue weighted by Crippen LogP contribution is -2.16. The van der Waals surface area contributed by atoms with Crippen LogP contribution in [-0.4, -0.2) is 21.4 Å². The summed E-state index contributed by atoms with van der Waals surface area (Å²) in [6, 6.07) is 6.59. The molecule has 0 aliphatic carbocycles. The minimum atomic E-state index is -4.92. The lowest BCUT2D eigenvalue weighted by molar-refractivity contribution is 0.483. The van der Waals surface area contributed by atoms with Crippen LogP contribution in [-0.2, 0) is 20.1 Å². The minimum absolute atomic E-state index is 0.182. The number of hydrogen-bond donors (Lipinski definition) is 2. The van der Waals surface area contributed by atoms with E-state index < -0.39 is 46.9 Å². The van der Waals surface area contributed by atoms with Crippen molar-refractivity contribution in [2.75, 3.05) is 0 Å². The first-order chi connectivity index (χ1) is 11.0. The average Bonchev–Trinajstić information content (AvgIpc) is 2.43. The Bertz CT molecular complexity index is 1040. The van der Waals surface area contributed by atoms with Gasteiger partial charge in [0, 0.05) is 15.6 Å². The molecule has 0 aromatic heterocycles. The number of primary sulfonamides is 1. The summed E-state index contributed by atoms with van der Waals surface area (Å²) in [7, 11) is -9.40. The molecule has 0 atom stereocenters. The molecule has 2 aromatic carbocycles. The fourth-order valence-electron chi connectivity index (χ4n) is 2.13. The molecule has 0 amide bonds. The number of rotatable bonds is 3. The Balaban J connectivity index is 3.14. The molecule has 3 N–H and O–H groups in total. The zero-order valence-corrected chi connectivity index (χ0v) is 14.8. The van der Waals surface area contributed by atoms with E-state index in [1.54, 1.807) is 6.07 Å². The third-order valence-electron chi connectivity index (χ3n) is 3.00. The molecule has 2 rings (SSSR count). The highest BCUT2D eigenvalue weighted by molar-refractivity contribution is 9.10. The Morgan fingerprint density at radius 1 is 1.12 bits per heavy atom. The van der Waals surface area contributed by atoms with Crippen molar-refractivity contribution >= 4 is 36.1 Å². The van der Waals surface area contributed by atoms with Crippen molar-refractivity contribution < 1.29 is 25.8 Å². The molecule has 0 heterocycles. The van der Waals surface area contributed by atoms with E-state index in [-0.39, 0.29) is 10.0 Å². The van der Waals surface area contributed by atoms with Crippen LogP contribution in [0.2, 0.25) is 0 Å². The van der Waals surface area contributed by atoms with Crippen molar-refractivity contribution in [2.24, 2.45) is 5.14 Å². The summed E-state index contributed by atoms with van der Waals surface area (Å²) in [5.74, 6) is -1.07. The Morgan fingerprint density at radius 2 is 1.71 bits per heavy atom. The predicted molar refractivity (Wildman–Crippen MR) is 85.4 cm³/mol. The standard InChI is InChI=1S/C13H8BrFN2O5S2/c14-8-4-7(6-16)12(9(15)5-8)13-10(23(17,18)19)2-1-3-11(13)24(20,21)22/h1-5H,(H2,17,18,19)(H,20,21,22). The molecule has 0 fully saturated rings. The monoisotopic (exact) mass is 434 g/mol. The minimum Gasteiger partial charge on any atom is -0.282 e. The van der Waals surface area contributed by atoms with E-state index in [1.807, 2.05) is 0 Å². The van der Waals surface area contributed by atoms with Gasteiger partial charge >= 0.3 is 0 Å². The summed E-state index contributed by atoms with van der Waals surface area (Å²) in [6.07, 6.45) is 0. The normalized spacial score (nSPS) is 12.0. The summed E-state index contributed by atoms with van der Waals surface area (Å²) in [6.45, 7) is 0. The molecule has 7 nitrogen and oxygen atoms in total. The molecular formula is C13H8BrFN2O5S2. The number of halogens is 2. The van der Waals surface area contributed by atoms with Gasteiger partial charge in [-0.25, -0.2) is 17.9 Å². The topological polar surface area (TPSA) is 138 Å². The number of nitrogens with two attached hydrogens (primary N) is 1. The molecule has 0 radical (unpaired) electrons. The fraction of sp³-hybridized carbons (Fsp3) is 0. The van der Waals surface area contributed by atoms with Gasteiger partial charge in [0.1, 0.15) is 10.7 Å². The van der Waals surface area contributed by atoms with Crippen LogP contribution in [0.4, 0.5) is 4.39 Å². The summed E-state index contributed by atoms with van der Waals surface area (Å²) >= 11 is 2.97. The molecule has 2 aromatic rings. The van der Waals surface area contributed by atoms with Crippen molar-refractivity contribution in [3.63, 3.8) is 0 Å². The van der Waals surface area contributed by atoms with Crippen LogP contribution >= 0.6 is 15.9 Å². The predicted octanol–water partition coefficient (Wildman–Crippen LogP) is 2.02. The quantitative estimate of drug-likeness (QED) is 0.708. The van der Waals surface area contributed by atoms with E-state index in [9.17, 15) is 31.0 Å². The van der Waals surface area contributed by atoms with Crippen LogP contribution in [0.5, 0.6) is 0 Å². The van der Waals surface area contributed by atoms with E-state index in [1.165, 1.54) is 6.07 Å². The molecule has 0 aliphatic rings. The maximum absolute atomic E-state index is 14.4. The van der Waals surface area contributed by atoms with Crippen LogP contribution < -0.4 is 5.14 Å². The highest BCUT2D eigenvalue weighted by Gasteiger charge is 2.28. The lowest BCUT2D eigenvalue weighted by atomic mass is 9.99. The third kappa shape index (κ3) is 3.47. The lowest BCUT2D eigenvalue weighted by Gasteiger charge is -2.14. The van der Waals surface area contributed by atoms with Gasteiger partial charge in [-0.05, 0) is 24.3 Å². The molecule has 0 aliphatic heterocycles. The summed E-state index contributed by atoms with van der Waals surface area (Å²) in [4.78, 5) is -1.62. The largest absolute Gasteiger partial charge is 0.295 e. The molecule has 126 valence electrons. The first-order valence-electron chi connectivity index (χ1n) is 5.99.